The quantitative estimate of drug-likeness (QED) is 0.880. The molecule has 0 radical (unpaired) electrons. The van der Waals surface area contributed by atoms with Crippen molar-refractivity contribution in [1.29, 1.82) is 0 Å². The summed E-state index contributed by atoms with van der Waals surface area (Å²) in [6.07, 6.45) is 5.37. The monoisotopic (exact) mass is 252 g/mol. The Balaban J connectivity index is 1.96. The third-order valence-corrected chi connectivity index (χ3v) is 5.10. The summed E-state index contributed by atoms with van der Waals surface area (Å²) in [6.45, 7) is 6.71. The Morgan fingerprint density at radius 3 is 2.35 bits per heavy atom. The molecule has 0 amide bonds. The summed E-state index contributed by atoms with van der Waals surface area (Å²) in [6, 6.07) is 0.0759. The van der Waals surface area contributed by atoms with E-state index in [0.717, 1.165) is 17.5 Å². The fraction of sp³-hybridized carbons (Fsp3) is 0.786. The molecule has 1 heterocycles. The van der Waals surface area contributed by atoms with E-state index in [1.165, 1.54) is 30.7 Å². The maximum atomic E-state index is 5.86. The first-order valence-electron chi connectivity index (χ1n) is 6.78. The lowest BCUT2D eigenvalue weighted by molar-refractivity contribution is 0.258. The molecule has 2 rings (SSSR count). The summed E-state index contributed by atoms with van der Waals surface area (Å²) in [5.41, 5.74) is 6.93. The van der Waals surface area contributed by atoms with Gasteiger partial charge in [-0.1, -0.05) is 13.8 Å². The molecule has 17 heavy (non-hydrogen) atoms. The topological polar surface area (TPSA) is 38.9 Å². The van der Waals surface area contributed by atoms with Gasteiger partial charge in [-0.15, -0.1) is 11.3 Å². The minimum Gasteiger partial charge on any atom is -0.323 e. The molecule has 0 spiro atoms. The van der Waals surface area contributed by atoms with Gasteiger partial charge in [0.2, 0.25) is 0 Å². The van der Waals surface area contributed by atoms with Crippen molar-refractivity contribution in [3.8, 4) is 0 Å². The Morgan fingerprint density at radius 2 is 1.88 bits per heavy atom. The van der Waals surface area contributed by atoms with E-state index >= 15 is 0 Å². The van der Waals surface area contributed by atoms with E-state index in [-0.39, 0.29) is 6.04 Å². The molecule has 3 heteroatoms. The molecule has 96 valence electrons. The summed E-state index contributed by atoms with van der Waals surface area (Å²) in [4.78, 5) is 4.70. The molecule has 0 bridgehead atoms. The Labute approximate surface area is 109 Å². The van der Waals surface area contributed by atoms with E-state index in [4.69, 9.17) is 10.7 Å². The van der Waals surface area contributed by atoms with Gasteiger partial charge in [-0.25, -0.2) is 4.98 Å². The van der Waals surface area contributed by atoms with Crippen molar-refractivity contribution >= 4 is 11.3 Å². The van der Waals surface area contributed by atoms with Crippen LogP contribution in [0, 0.1) is 11.8 Å². The van der Waals surface area contributed by atoms with E-state index in [1.807, 2.05) is 6.92 Å². The SMILES string of the molecule is CC(N)c1csc(C2CCC(C(C)C)CC2)n1. The van der Waals surface area contributed by atoms with Crippen LogP contribution in [-0.2, 0) is 0 Å². The van der Waals surface area contributed by atoms with Gasteiger partial charge in [-0.3, -0.25) is 0 Å². The van der Waals surface area contributed by atoms with Crippen molar-refractivity contribution in [3.63, 3.8) is 0 Å². The van der Waals surface area contributed by atoms with Crippen LogP contribution in [0.3, 0.4) is 0 Å². The van der Waals surface area contributed by atoms with Crippen molar-refractivity contribution < 1.29 is 0 Å². The molecule has 1 aliphatic carbocycles. The number of nitrogens with zero attached hydrogens (tertiary/aromatic N) is 1. The van der Waals surface area contributed by atoms with Gasteiger partial charge < -0.3 is 5.73 Å². The van der Waals surface area contributed by atoms with Crippen molar-refractivity contribution in [2.45, 2.75) is 58.4 Å². The van der Waals surface area contributed by atoms with Gasteiger partial charge in [0.15, 0.2) is 0 Å². The highest BCUT2D eigenvalue weighted by Crippen LogP contribution is 2.39. The number of thiazole rings is 1. The van der Waals surface area contributed by atoms with Crippen molar-refractivity contribution in [2.75, 3.05) is 0 Å². The lowest BCUT2D eigenvalue weighted by Gasteiger charge is -2.29. The third kappa shape index (κ3) is 3.08. The van der Waals surface area contributed by atoms with Crippen LogP contribution < -0.4 is 5.73 Å². The molecule has 2 nitrogen and oxygen atoms in total. The summed E-state index contributed by atoms with van der Waals surface area (Å²) >= 11 is 1.80. The van der Waals surface area contributed by atoms with Crippen LogP contribution in [0.25, 0.3) is 0 Å². The summed E-state index contributed by atoms with van der Waals surface area (Å²) in [7, 11) is 0. The van der Waals surface area contributed by atoms with E-state index in [0.29, 0.717) is 5.92 Å². The molecule has 1 aromatic heterocycles. The van der Waals surface area contributed by atoms with Gasteiger partial charge in [0.05, 0.1) is 10.7 Å². The van der Waals surface area contributed by atoms with Crippen LogP contribution >= 0.6 is 11.3 Å². The highest BCUT2D eigenvalue weighted by atomic mass is 32.1. The van der Waals surface area contributed by atoms with Crippen LogP contribution in [0.4, 0.5) is 0 Å². The minimum atomic E-state index is 0.0759. The summed E-state index contributed by atoms with van der Waals surface area (Å²) in [5.74, 6) is 2.47. The molecule has 1 atom stereocenters. The average molecular weight is 252 g/mol. The van der Waals surface area contributed by atoms with Crippen LogP contribution in [0.2, 0.25) is 0 Å². The molecule has 1 unspecified atom stereocenters. The number of aromatic nitrogens is 1. The zero-order valence-corrected chi connectivity index (χ0v) is 12.0. The van der Waals surface area contributed by atoms with E-state index in [2.05, 4.69) is 19.2 Å². The van der Waals surface area contributed by atoms with E-state index in [9.17, 15) is 0 Å². The maximum absolute atomic E-state index is 5.86. The second-order valence-corrected chi connectivity index (χ2v) is 6.64. The standard InChI is InChI=1S/C14H24N2S/c1-9(2)11-4-6-12(7-5-11)14-16-13(8-17-14)10(3)15/h8-12H,4-7,15H2,1-3H3. The van der Waals surface area contributed by atoms with Gasteiger partial charge in [0.25, 0.3) is 0 Å². The predicted octanol–water partition coefficient (Wildman–Crippen LogP) is 4.09. The number of hydrogen-bond donors (Lipinski definition) is 1. The first-order chi connectivity index (χ1) is 8.08. The summed E-state index contributed by atoms with van der Waals surface area (Å²) < 4.78 is 0. The molecule has 2 N–H and O–H groups in total. The molecular weight excluding hydrogens is 228 g/mol. The summed E-state index contributed by atoms with van der Waals surface area (Å²) in [5, 5.41) is 3.45. The normalized spacial score (nSPS) is 27.4. The first kappa shape index (κ1) is 13.0. The molecule has 1 fully saturated rings. The number of hydrogen-bond acceptors (Lipinski definition) is 3. The van der Waals surface area contributed by atoms with Crippen LogP contribution in [0.5, 0.6) is 0 Å². The zero-order valence-electron chi connectivity index (χ0n) is 11.1. The van der Waals surface area contributed by atoms with E-state index < -0.39 is 0 Å². The van der Waals surface area contributed by atoms with Gasteiger partial charge in [-0.05, 0) is 44.4 Å². The predicted molar refractivity (Wildman–Crippen MR) is 74.3 cm³/mol. The van der Waals surface area contributed by atoms with Gasteiger partial charge in [0.1, 0.15) is 0 Å². The molecule has 0 aliphatic heterocycles. The Kier molecular flexibility index (Phi) is 4.21. The second-order valence-electron chi connectivity index (χ2n) is 5.76. The lowest BCUT2D eigenvalue weighted by atomic mass is 9.77. The number of nitrogens with two attached hydrogens (primary N) is 1. The zero-order chi connectivity index (χ0) is 12.4. The third-order valence-electron chi connectivity index (χ3n) is 4.07. The van der Waals surface area contributed by atoms with Gasteiger partial charge >= 0.3 is 0 Å². The lowest BCUT2D eigenvalue weighted by Crippen LogP contribution is -2.17. The fourth-order valence-corrected chi connectivity index (χ4v) is 3.83. The average Bonchev–Trinajstić information content (AvgIpc) is 2.78. The molecule has 0 aromatic carbocycles. The minimum absolute atomic E-state index is 0.0759. The fourth-order valence-electron chi connectivity index (χ4n) is 2.73. The largest absolute Gasteiger partial charge is 0.323 e. The van der Waals surface area contributed by atoms with Gasteiger partial charge in [-0.2, -0.15) is 0 Å². The smallest absolute Gasteiger partial charge is 0.0959 e. The first-order valence-corrected chi connectivity index (χ1v) is 7.66. The Bertz CT molecular complexity index is 349. The maximum Gasteiger partial charge on any atom is 0.0959 e. The van der Waals surface area contributed by atoms with Crippen molar-refractivity contribution in [1.82, 2.24) is 4.98 Å². The van der Waals surface area contributed by atoms with Crippen molar-refractivity contribution in [2.24, 2.45) is 17.6 Å². The molecular formula is C14H24N2S. The van der Waals surface area contributed by atoms with Crippen LogP contribution in [0.15, 0.2) is 5.38 Å². The Hall–Kier alpha value is -0.410. The molecule has 1 saturated carbocycles. The molecule has 1 aliphatic rings. The van der Waals surface area contributed by atoms with Crippen molar-refractivity contribution in [3.05, 3.63) is 16.1 Å². The number of rotatable bonds is 3. The van der Waals surface area contributed by atoms with Crippen LogP contribution in [0.1, 0.15) is 69.1 Å². The van der Waals surface area contributed by atoms with E-state index in [1.54, 1.807) is 11.3 Å². The van der Waals surface area contributed by atoms with Gasteiger partial charge in [0, 0.05) is 17.3 Å². The highest BCUT2D eigenvalue weighted by molar-refractivity contribution is 7.09. The van der Waals surface area contributed by atoms with Crippen LogP contribution in [-0.4, -0.2) is 4.98 Å². The molecule has 0 saturated heterocycles. The second kappa shape index (κ2) is 5.49. The Morgan fingerprint density at radius 1 is 1.24 bits per heavy atom. The highest BCUT2D eigenvalue weighted by Gasteiger charge is 2.26. The molecule has 1 aromatic rings.